The number of esters is 1. The fraction of sp³-hybridized carbons (Fsp3) is 0.118. The molecule has 0 atom stereocenters. The smallest absolute Gasteiger partial charge is 0.343 e. The van der Waals surface area contributed by atoms with E-state index in [1.807, 2.05) is 36.4 Å². The van der Waals surface area contributed by atoms with Crippen molar-refractivity contribution >= 4 is 16.7 Å². The average molecular weight is 282 g/mol. The van der Waals surface area contributed by atoms with E-state index in [1.165, 1.54) is 7.11 Å². The van der Waals surface area contributed by atoms with Crippen molar-refractivity contribution in [1.82, 2.24) is 0 Å². The van der Waals surface area contributed by atoms with Crippen LogP contribution in [-0.2, 0) is 9.53 Å². The van der Waals surface area contributed by atoms with E-state index >= 15 is 0 Å². The van der Waals surface area contributed by atoms with Crippen LogP contribution >= 0.6 is 0 Å². The number of furan rings is 1. The molecule has 0 radical (unpaired) electrons. The van der Waals surface area contributed by atoms with Crippen molar-refractivity contribution in [2.75, 3.05) is 13.7 Å². The van der Waals surface area contributed by atoms with Crippen LogP contribution in [0.4, 0.5) is 0 Å². The van der Waals surface area contributed by atoms with Gasteiger partial charge in [-0.1, -0.05) is 18.2 Å². The van der Waals surface area contributed by atoms with Crippen molar-refractivity contribution in [2.45, 2.75) is 0 Å². The van der Waals surface area contributed by atoms with Gasteiger partial charge < -0.3 is 13.9 Å². The fourth-order valence-corrected chi connectivity index (χ4v) is 2.12. The molecule has 1 aromatic heterocycles. The van der Waals surface area contributed by atoms with Gasteiger partial charge in [0.1, 0.15) is 5.75 Å². The summed E-state index contributed by atoms with van der Waals surface area (Å²) >= 11 is 0. The highest BCUT2D eigenvalue weighted by atomic mass is 16.6. The number of carbonyl (C=O) groups is 1. The number of hydrogen-bond donors (Lipinski definition) is 0. The first-order valence-electron chi connectivity index (χ1n) is 6.52. The summed E-state index contributed by atoms with van der Waals surface area (Å²) in [6.07, 6.45) is 3.37. The summed E-state index contributed by atoms with van der Waals surface area (Å²) < 4.78 is 15.0. The van der Waals surface area contributed by atoms with Gasteiger partial charge in [0.25, 0.3) is 0 Å². The number of methoxy groups -OCH3 is 1. The zero-order valence-corrected chi connectivity index (χ0v) is 11.5. The maximum absolute atomic E-state index is 11.1. The molecule has 0 amide bonds. The number of ether oxygens (including phenoxy) is 2. The monoisotopic (exact) mass is 282 g/mol. The van der Waals surface area contributed by atoms with E-state index in [2.05, 4.69) is 10.8 Å². The minimum absolute atomic E-state index is 0.0882. The lowest BCUT2D eigenvalue weighted by atomic mass is 10.0. The Kier molecular flexibility index (Phi) is 3.60. The van der Waals surface area contributed by atoms with Gasteiger partial charge in [0.2, 0.25) is 0 Å². The van der Waals surface area contributed by atoms with E-state index in [4.69, 9.17) is 9.15 Å². The second-order valence-corrected chi connectivity index (χ2v) is 4.60. The van der Waals surface area contributed by atoms with Crippen LogP contribution in [-0.4, -0.2) is 19.7 Å². The van der Waals surface area contributed by atoms with E-state index < -0.39 is 5.97 Å². The zero-order valence-electron chi connectivity index (χ0n) is 11.5. The van der Waals surface area contributed by atoms with Gasteiger partial charge in [-0.3, -0.25) is 0 Å². The summed E-state index contributed by atoms with van der Waals surface area (Å²) in [6, 6.07) is 13.8. The summed E-state index contributed by atoms with van der Waals surface area (Å²) in [7, 11) is 1.34. The Morgan fingerprint density at radius 2 is 1.86 bits per heavy atom. The predicted molar refractivity (Wildman–Crippen MR) is 79.2 cm³/mol. The Hall–Kier alpha value is -2.75. The number of fused-ring (bicyclic) bond motifs is 1. The van der Waals surface area contributed by atoms with E-state index in [1.54, 1.807) is 12.5 Å². The lowest BCUT2D eigenvalue weighted by molar-refractivity contribution is -0.142. The van der Waals surface area contributed by atoms with E-state index in [-0.39, 0.29) is 6.61 Å². The lowest BCUT2D eigenvalue weighted by Gasteiger charge is -2.07. The molecule has 0 spiro atoms. The number of carbonyl (C=O) groups excluding carboxylic acids is 1. The topological polar surface area (TPSA) is 48.7 Å². The van der Waals surface area contributed by atoms with Crippen molar-refractivity contribution in [1.29, 1.82) is 0 Å². The Bertz CT molecular complexity index is 760. The maximum Gasteiger partial charge on any atom is 0.343 e. The van der Waals surface area contributed by atoms with Crippen LogP contribution in [0.1, 0.15) is 0 Å². The molecule has 0 aliphatic heterocycles. The van der Waals surface area contributed by atoms with E-state index in [9.17, 15) is 4.79 Å². The molecular formula is C17H14O4. The molecule has 0 aliphatic rings. The highest BCUT2D eigenvalue weighted by Crippen LogP contribution is 2.27. The molecule has 21 heavy (non-hydrogen) atoms. The van der Waals surface area contributed by atoms with Gasteiger partial charge in [-0.05, 0) is 40.6 Å². The SMILES string of the molecule is COC(=O)COc1ccc2cc(-c3ccoc3)ccc2c1. The third-order valence-corrected chi connectivity index (χ3v) is 3.25. The van der Waals surface area contributed by atoms with Crippen molar-refractivity contribution in [3.8, 4) is 16.9 Å². The van der Waals surface area contributed by atoms with Crippen LogP contribution in [0.5, 0.6) is 5.75 Å². The fourth-order valence-electron chi connectivity index (χ4n) is 2.12. The molecule has 0 aliphatic carbocycles. The maximum atomic E-state index is 11.1. The molecule has 0 N–H and O–H groups in total. The number of benzene rings is 2. The minimum atomic E-state index is -0.398. The van der Waals surface area contributed by atoms with Crippen molar-refractivity contribution < 1.29 is 18.7 Å². The van der Waals surface area contributed by atoms with Crippen LogP contribution in [0.2, 0.25) is 0 Å². The van der Waals surface area contributed by atoms with Crippen molar-refractivity contribution in [3.63, 3.8) is 0 Å². The average Bonchev–Trinajstić information content (AvgIpc) is 3.06. The highest BCUT2D eigenvalue weighted by Gasteiger charge is 2.04. The molecule has 2 aromatic carbocycles. The largest absolute Gasteiger partial charge is 0.482 e. The quantitative estimate of drug-likeness (QED) is 0.685. The minimum Gasteiger partial charge on any atom is -0.482 e. The third kappa shape index (κ3) is 2.89. The third-order valence-electron chi connectivity index (χ3n) is 3.25. The first-order valence-corrected chi connectivity index (χ1v) is 6.52. The van der Waals surface area contributed by atoms with Gasteiger partial charge in [-0.2, -0.15) is 0 Å². The molecule has 0 fully saturated rings. The molecule has 0 saturated carbocycles. The normalized spacial score (nSPS) is 10.5. The van der Waals surface area contributed by atoms with Crippen molar-refractivity contribution in [3.05, 3.63) is 55.0 Å². The highest BCUT2D eigenvalue weighted by molar-refractivity contribution is 5.88. The molecule has 0 bridgehead atoms. The van der Waals surface area contributed by atoms with Gasteiger partial charge in [0, 0.05) is 5.56 Å². The van der Waals surface area contributed by atoms with Gasteiger partial charge in [0.05, 0.1) is 19.6 Å². The molecule has 4 nitrogen and oxygen atoms in total. The summed E-state index contributed by atoms with van der Waals surface area (Å²) in [4.78, 5) is 11.1. The second kappa shape index (κ2) is 5.71. The molecule has 4 heteroatoms. The lowest BCUT2D eigenvalue weighted by Crippen LogP contribution is -2.12. The summed E-state index contributed by atoms with van der Waals surface area (Å²) in [5, 5.41) is 2.14. The number of rotatable bonds is 4. The van der Waals surface area contributed by atoms with E-state index in [0.717, 1.165) is 21.9 Å². The van der Waals surface area contributed by atoms with Crippen molar-refractivity contribution in [2.24, 2.45) is 0 Å². The Morgan fingerprint density at radius 1 is 1.05 bits per heavy atom. The van der Waals surface area contributed by atoms with Gasteiger partial charge in [0.15, 0.2) is 6.61 Å². The first kappa shape index (κ1) is 13.2. The zero-order chi connectivity index (χ0) is 14.7. The number of hydrogen-bond acceptors (Lipinski definition) is 4. The molecule has 3 aromatic rings. The molecule has 3 rings (SSSR count). The Labute approximate surface area is 121 Å². The first-order chi connectivity index (χ1) is 10.3. The summed E-state index contributed by atoms with van der Waals surface area (Å²) in [5.74, 6) is 0.245. The Morgan fingerprint density at radius 3 is 2.62 bits per heavy atom. The molecule has 0 unspecified atom stereocenters. The molecular weight excluding hydrogens is 268 g/mol. The molecule has 0 saturated heterocycles. The van der Waals surface area contributed by atoms with Gasteiger partial charge >= 0.3 is 5.97 Å². The van der Waals surface area contributed by atoms with E-state index in [0.29, 0.717) is 5.75 Å². The molecule has 1 heterocycles. The van der Waals surface area contributed by atoms with Crippen LogP contribution in [0, 0.1) is 0 Å². The van der Waals surface area contributed by atoms with Gasteiger partial charge in [-0.15, -0.1) is 0 Å². The van der Waals surface area contributed by atoms with Crippen LogP contribution in [0.15, 0.2) is 59.4 Å². The van der Waals surface area contributed by atoms with Crippen LogP contribution < -0.4 is 4.74 Å². The summed E-state index contributed by atoms with van der Waals surface area (Å²) in [6.45, 7) is -0.0882. The second-order valence-electron chi connectivity index (χ2n) is 4.60. The molecule has 106 valence electrons. The standard InChI is InChI=1S/C17H14O4/c1-19-17(18)11-21-16-5-4-12-8-13(2-3-14(12)9-16)15-6-7-20-10-15/h2-10H,11H2,1H3. The van der Waals surface area contributed by atoms with Gasteiger partial charge in [-0.25, -0.2) is 4.79 Å². The Balaban J connectivity index is 1.86. The summed E-state index contributed by atoms with van der Waals surface area (Å²) in [5.41, 5.74) is 2.14. The van der Waals surface area contributed by atoms with Crippen LogP contribution in [0.3, 0.4) is 0 Å². The van der Waals surface area contributed by atoms with Crippen LogP contribution in [0.25, 0.3) is 21.9 Å². The predicted octanol–water partition coefficient (Wildman–Crippen LogP) is 3.65.